The number of benzene rings is 1. The number of imidazole rings is 1. The van der Waals surface area contributed by atoms with Gasteiger partial charge in [0, 0.05) is 32.4 Å². The van der Waals surface area contributed by atoms with Crippen LogP contribution in [0.1, 0.15) is 70.3 Å². The first-order valence-corrected chi connectivity index (χ1v) is 12.7. The molecule has 0 atom stereocenters. The van der Waals surface area contributed by atoms with E-state index in [0.717, 1.165) is 44.1 Å². The van der Waals surface area contributed by atoms with E-state index in [-0.39, 0.29) is 5.97 Å². The summed E-state index contributed by atoms with van der Waals surface area (Å²) in [5.41, 5.74) is 3.34. The smallest absolute Gasteiger partial charge is 0.302 e. The molecule has 34 heavy (non-hydrogen) atoms. The largest absolute Gasteiger partial charge is 0.465 e. The Hall–Kier alpha value is -2.51. The standard InChI is InChI=1S/C27H43N5O2/c1-5-15-31(16-6-2)17-7-8-18-32(19-20-34-24(4)33)22-26-11-9-25(10-12-26)21-30-23(3)27-28-13-14-29-27/h9-14H,5-8,15-22H2,1-4H3,(H,28,29). The van der Waals surface area contributed by atoms with Crippen LogP contribution in [0.25, 0.3) is 0 Å². The molecule has 0 aliphatic rings. The van der Waals surface area contributed by atoms with Crippen molar-refractivity contribution in [2.45, 2.75) is 66.5 Å². The number of nitrogens with zero attached hydrogens (tertiary/aromatic N) is 4. The molecule has 2 rings (SSSR count). The minimum atomic E-state index is -0.218. The molecule has 0 spiro atoms. The first-order valence-electron chi connectivity index (χ1n) is 12.7. The molecule has 0 aliphatic heterocycles. The van der Waals surface area contributed by atoms with Crippen LogP contribution in [-0.4, -0.2) is 70.8 Å². The van der Waals surface area contributed by atoms with E-state index in [2.05, 4.69) is 62.9 Å². The fraction of sp³-hybridized carbons (Fsp3) is 0.593. The zero-order chi connectivity index (χ0) is 24.6. The Morgan fingerprint density at radius 3 is 2.18 bits per heavy atom. The Kier molecular flexibility index (Phi) is 13.2. The summed E-state index contributed by atoms with van der Waals surface area (Å²) in [5.74, 6) is 0.594. The van der Waals surface area contributed by atoms with Crippen LogP contribution in [0.2, 0.25) is 0 Å². The molecule has 1 N–H and O–H groups in total. The molecule has 0 radical (unpaired) electrons. The average molecular weight is 470 g/mol. The summed E-state index contributed by atoms with van der Waals surface area (Å²) in [6.07, 6.45) is 8.29. The number of aromatic nitrogens is 2. The van der Waals surface area contributed by atoms with Gasteiger partial charge in [-0.15, -0.1) is 0 Å². The van der Waals surface area contributed by atoms with E-state index in [0.29, 0.717) is 13.2 Å². The number of carbonyl (C=O) groups is 1. The molecule has 0 saturated carbocycles. The molecule has 0 fully saturated rings. The van der Waals surface area contributed by atoms with Crippen molar-refractivity contribution in [2.75, 3.05) is 39.3 Å². The van der Waals surface area contributed by atoms with Crippen molar-refractivity contribution < 1.29 is 9.53 Å². The first kappa shape index (κ1) is 27.7. The van der Waals surface area contributed by atoms with Crippen LogP contribution in [0.5, 0.6) is 0 Å². The molecule has 0 unspecified atom stereocenters. The maximum absolute atomic E-state index is 11.2. The van der Waals surface area contributed by atoms with Crippen molar-refractivity contribution in [1.82, 2.24) is 19.8 Å². The minimum Gasteiger partial charge on any atom is -0.465 e. The van der Waals surface area contributed by atoms with Gasteiger partial charge in [-0.05, 0) is 69.9 Å². The first-order chi connectivity index (χ1) is 16.5. The summed E-state index contributed by atoms with van der Waals surface area (Å²) in [6.45, 7) is 15.1. The van der Waals surface area contributed by atoms with Crippen molar-refractivity contribution >= 4 is 11.7 Å². The van der Waals surface area contributed by atoms with E-state index >= 15 is 0 Å². The maximum atomic E-state index is 11.2. The quantitative estimate of drug-likeness (QED) is 0.207. The molecule has 0 bridgehead atoms. The van der Waals surface area contributed by atoms with Gasteiger partial charge in [0.15, 0.2) is 5.82 Å². The highest BCUT2D eigenvalue weighted by molar-refractivity contribution is 5.95. The van der Waals surface area contributed by atoms with Crippen molar-refractivity contribution in [1.29, 1.82) is 0 Å². The molecular formula is C27H43N5O2. The Morgan fingerprint density at radius 1 is 0.941 bits per heavy atom. The van der Waals surface area contributed by atoms with E-state index in [1.807, 2.05) is 13.1 Å². The molecule has 0 aliphatic carbocycles. The molecule has 1 aromatic heterocycles. The van der Waals surface area contributed by atoms with Gasteiger partial charge in [0.05, 0.1) is 12.3 Å². The predicted molar refractivity (Wildman–Crippen MR) is 139 cm³/mol. The van der Waals surface area contributed by atoms with E-state index in [1.165, 1.54) is 50.4 Å². The topological polar surface area (TPSA) is 73.8 Å². The summed E-state index contributed by atoms with van der Waals surface area (Å²) in [5, 5.41) is 0. The number of unbranched alkanes of at least 4 members (excludes halogenated alkanes) is 1. The highest BCUT2D eigenvalue weighted by Gasteiger charge is 2.09. The lowest BCUT2D eigenvalue weighted by Gasteiger charge is -2.24. The summed E-state index contributed by atoms with van der Waals surface area (Å²) < 4.78 is 5.21. The number of H-pyrrole nitrogens is 1. The van der Waals surface area contributed by atoms with E-state index < -0.39 is 0 Å². The number of ether oxygens (including phenoxy) is 1. The highest BCUT2D eigenvalue weighted by Crippen LogP contribution is 2.11. The molecule has 7 heteroatoms. The molecular weight excluding hydrogens is 426 g/mol. The van der Waals surface area contributed by atoms with E-state index in [1.54, 1.807) is 6.20 Å². The monoisotopic (exact) mass is 469 g/mol. The molecule has 1 heterocycles. The molecule has 188 valence electrons. The van der Waals surface area contributed by atoms with Crippen molar-refractivity contribution in [3.05, 3.63) is 53.6 Å². The van der Waals surface area contributed by atoms with Gasteiger partial charge in [-0.25, -0.2) is 4.98 Å². The summed E-state index contributed by atoms with van der Waals surface area (Å²) >= 11 is 0. The number of hydrogen-bond acceptors (Lipinski definition) is 6. The molecule has 0 amide bonds. The number of nitrogens with one attached hydrogen (secondary N) is 1. The van der Waals surface area contributed by atoms with Gasteiger partial charge in [-0.2, -0.15) is 0 Å². The maximum Gasteiger partial charge on any atom is 0.302 e. The predicted octanol–water partition coefficient (Wildman–Crippen LogP) is 4.69. The normalized spacial score (nSPS) is 12.0. The third-order valence-corrected chi connectivity index (χ3v) is 5.76. The second kappa shape index (κ2) is 16.2. The van der Waals surface area contributed by atoms with Gasteiger partial charge in [0.2, 0.25) is 0 Å². The van der Waals surface area contributed by atoms with Gasteiger partial charge >= 0.3 is 5.97 Å². The second-order valence-corrected chi connectivity index (χ2v) is 8.82. The summed E-state index contributed by atoms with van der Waals surface area (Å²) in [6, 6.07) is 8.64. The number of hydrogen-bond donors (Lipinski definition) is 1. The SMILES string of the molecule is CCCN(CCC)CCCCN(CCOC(C)=O)Cc1ccc(CN=C(C)c2ncc[nH]2)cc1. The fourth-order valence-corrected chi connectivity index (χ4v) is 3.98. The highest BCUT2D eigenvalue weighted by atomic mass is 16.5. The average Bonchev–Trinajstić information content (AvgIpc) is 3.36. The summed E-state index contributed by atoms with van der Waals surface area (Å²) in [7, 11) is 0. The van der Waals surface area contributed by atoms with Crippen molar-refractivity contribution in [2.24, 2.45) is 4.99 Å². The Balaban J connectivity index is 1.86. The van der Waals surface area contributed by atoms with Crippen LogP contribution >= 0.6 is 0 Å². The molecule has 1 aromatic carbocycles. The van der Waals surface area contributed by atoms with Gasteiger partial charge in [-0.1, -0.05) is 38.1 Å². The van der Waals surface area contributed by atoms with Crippen LogP contribution in [0.15, 0.2) is 41.7 Å². The Labute approximate surface area is 205 Å². The zero-order valence-corrected chi connectivity index (χ0v) is 21.6. The molecule has 0 saturated heterocycles. The van der Waals surface area contributed by atoms with Crippen LogP contribution in [0, 0.1) is 0 Å². The van der Waals surface area contributed by atoms with Crippen LogP contribution in [0.4, 0.5) is 0 Å². The number of aliphatic imine (C=N–C) groups is 1. The second-order valence-electron chi connectivity index (χ2n) is 8.82. The number of aromatic amines is 1. The Bertz CT molecular complexity index is 827. The Morgan fingerprint density at radius 2 is 1.59 bits per heavy atom. The van der Waals surface area contributed by atoms with E-state index in [9.17, 15) is 4.79 Å². The van der Waals surface area contributed by atoms with Gasteiger partial charge in [0.25, 0.3) is 0 Å². The minimum absolute atomic E-state index is 0.218. The fourth-order valence-electron chi connectivity index (χ4n) is 3.98. The van der Waals surface area contributed by atoms with Gasteiger partial charge < -0.3 is 14.6 Å². The van der Waals surface area contributed by atoms with Crippen LogP contribution in [0.3, 0.4) is 0 Å². The van der Waals surface area contributed by atoms with Gasteiger partial charge in [0.1, 0.15) is 6.61 Å². The third kappa shape index (κ3) is 11.1. The zero-order valence-electron chi connectivity index (χ0n) is 21.6. The lowest BCUT2D eigenvalue weighted by molar-refractivity contribution is -0.141. The third-order valence-electron chi connectivity index (χ3n) is 5.76. The number of rotatable bonds is 17. The van der Waals surface area contributed by atoms with E-state index in [4.69, 9.17) is 4.74 Å². The lowest BCUT2D eigenvalue weighted by atomic mass is 10.1. The van der Waals surface area contributed by atoms with Crippen molar-refractivity contribution in [3.63, 3.8) is 0 Å². The van der Waals surface area contributed by atoms with Crippen molar-refractivity contribution in [3.8, 4) is 0 Å². The number of carbonyl (C=O) groups excluding carboxylic acids is 1. The summed E-state index contributed by atoms with van der Waals surface area (Å²) in [4.78, 5) is 28.1. The van der Waals surface area contributed by atoms with Crippen LogP contribution in [-0.2, 0) is 22.6 Å². The van der Waals surface area contributed by atoms with Crippen LogP contribution < -0.4 is 0 Å². The number of esters is 1. The molecule has 2 aromatic rings. The lowest BCUT2D eigenvalue weighted by Crippen LogP contribution is -2.30. The molecule has 7 nitrogen and oxygen atoms in total. The van der Waals surface area contributed by atoms with Gasteiger partial charge in [-0.3, -0.25) is 14.7 Å².